The van der Waals surface area contributed by atoms with E-state index in [1.165, 1.54) is 193 Å². The number of nitrogens with zero attached hydrogens (tertiary/aromatic N) is 1. The number of hydrogen-bond acceptors (Lipinski definition) is 8. The van der Waals surface area contributed by atoms with Gasteiger partial charge in [-0.25, -0.2) is 4.57 Å². The summed E-state index contributed by atoms with van der Waals surface area (Å²) in [6.07, 6.45) is 45.8. The minimum Gasteiger partial charge on any atom is -0.462 e. The lowest BCUT2D eigenvalue weighted by atomic mass is 10.0. The zero-order valence-electron chi connectivity index (χ0n) is 39.5. The summed E-state index contributed by atoms with van der Waals surface area (Å²) in [5, 5.41) is 0. The fourth-order valence-electron chi connectivity index (χ4n) is 7.51. The minimum atomic E-state index is -4.36. The second-order valence-electron chi connectivity index (χ2n) is 17.7. The number of carbonyl (C=O) groups is 2. The van der Waals surface area contributed by atoms with Crippen LogP contribution in [-0.4, -0.2) is 68.3 Å². The van der Waals surface area contributed by atoms with Crippen LogP contribution in [0.25, 0.3) is 0 Å². The molecule has 0 aromatic heterocycles. The molecule has 10 heteroatoms. The molecule has 2 unspecified atom stereocenters. The van der Waals surface area contributed by atoms with E-state index in [2.05, 4.69) is 13.8 Å². The van der Waals surface area contributed by atoms with Crippen LogP contribution in [0.1, 0.15) is 258 Å². The molecule has 0 aliphatic carbocycles. The summed E-state index contributed by atoms with van der Waals surface area (Å²) in [5.41, 5.74) is 0. The first-order chi connectivity index (χ1) is 28.7. The number of esters is 2. The number of unbranched alkanes of at least 4 members (excludes halogenated alkanes) is 34. The zero-order chi connectivity index (χ0) is 43.3. The van der Waals surface area contributed by atoms with E-state index in [1.807, 2.05) is 19.0 Å². The van der Waals surface area contributed by atoms with Crippen LogP contribution in [0.4, 0.5) is 0 Å². The van der Waals surface area contributed by atoms with Gasteiger partial charge in [0.15, 0.2) is 6.10 Å². The number of likely N-dealkylation sites (N-methyl/N-ethyl adjacent to an activating group) is 1. The van der Waals surface area contributed by atoms with E-state index in [1.54, 1.807) is 0 Å². The van der Waals surface area contributed by atoms with Crippen LogP contribution in [0.2, 0.25) is 0 Å². The Morgan fingerprint density at radius 1 is 0.458 bits per heavy atom. The second kappa shape index (κ2) is 45.0. The lowest BCUT2D eigenvalue weighted by molar-refractivity contribution is -0.161. The number of phosphoric acid groups is 1. The summed E-state index contributed by atoms with van der Waals surface area (Å²) in [5.74, 6) is -0.781. The standard InChI is InChI=1S/C49H98NO8P/c1-5-7-9-11-13-15-17-19-21-23-24-26-28-30-32-34-36-38-40-42-49(52)58-47(46-57-59(53,54)56-44-43-50(3)4)45-55-48(51)41-39-37-35-33-31-29-27-25-22-20-18-16-14-12-10-8-6-2/h47H,5-46H2,1-4H3,(H,53,54). The van der Waals surface area contributed by atoms with Gasteiger partial charge in [0, 0.05) is 19.4 Å². The molecule has 1 N–H and O–H groups in total. The molecule has 0 fully saturated rings. The molecule has 0 saturated carbocycles. The average Bonchev–Trinajstić information content (AvgIpc) is 3.20. The van der Waals surface area contributed by atoms with E-state index in [0.717, 1.165) is 38.5 Å². The smallest absolute Gasteiger partial charge is 0.462 e. The molecular formula is C49H98NO8P. The Morgan fingerprint density at radius 3 is 1.08 bits per heavy atom. The average molecular weight is 860 g/mol. The van der Waals surface area contributed by atoms with E-state index in [0.29, 0.717) is 13.0 Å². The van der Waals surface area contributed by atoms with Crippen LogP contribution < -0.4 is 0 Å². The molecule has 352 valence electrons. The third-order valence-corrected chi connectivity index (χ3v) is 12.4. The lowest BCUT2D eigenvalue weighted by Gasteiger charge is -2.20. The zero-order valence-corrected chi connectivity index (χ0v) is 40.4. The summed E-state index contributed by atoms with van der Waals surface area (Å²) < 4.78 is 33.6. The molecule has 0 radical (unpaired) electrons. The Bertz CT molecular complexity index is 951. The van der Waals surface area contributed by atoms with Crippen molar-refractivity contribution in [3.05, 3.63) is 0 Å². The van der Waals surface area contributed by atoms with Gasteiger partial charge < -0.3 is 19.3 Å². The summed E-state index contributed by atoms with van der Waals surface area (Å²) in [7, 11) is -0.695. The number of hydrogen-bond donors (Lipinski definition) is 1. The van der Waals surface area contributed by atoms with Crippen molar-refractivity contribution < 1.29 is 37.6 Å². The van der Waals surface area contributed by atoms with Crippen molar-refractivity contribution in [3.63, 3.8) is 0 Å². The highest BCUT2D eigenvalue weighted by atomic mass is 31.2. The maximum Gasteiger partial charge on any atom is 0.472 e. The molecular weight excluding hydrogens is 762 g/mol. The normalized spacial score (nSPS) is 13.2. The van der Waals surface area contributed by atoms with Gasteiger partial charge in [0.25, 0.3) is 0 Å². The Morgan fingerprint density at radius 2 is 0.763 bits per heavy atom. The highest BCUT2D eigenvalue weighted by Gasteiger charge is 2.26. The van der Waals surface area contributed by atoms with E-state index < -0.39 is 26.5 Å². The van der Waals surface area contributed by atoms with Gasteiger partial charge in [-0.2, -0.15) is 0 Å². The maximum atomic E-state index is 12.7. The van der Waals surface area contributed by atoms with Gasteiger partial charge in [-0.3, -0.25) is 18.6 Å². The van der Waals surface area contributed by atoms with Crippen LogP contribution in [0.15, 0.2) is 0 Å². The quantitative estimate of drug-likeness (QED) is 0.0363. The monoisotopic (exact) mass is 860 g/mol. The fraction of sp³-hybridized carbons (Fsp3) is 0.959. The van der Waals surface area contributed by atoms with Crippen molar-refractivity contribution in [1.29, 1.82) is 0 Å². The SMILES string of the molecule is CCCCCCCCCCCCCCCCCCCCCC(=O)OC(COC(=O)CCCCCCCCCCCCCCCCCCC)COP(=O)(O)OCCN(C)C. The van der Waals surface area contributed by atoms with E-state index >= 15 is 0 Å². The Balaban J connectivity index is 4.14. The Labute approximate surface area is 365 Å². The van der Waals surface area contributed by atoms with Gasteiger partial charge >= 0.3 is 19.8 Å². The predicted molar refractivity (Wildman–Crippen MR) is 248 cm³/mol. The van der Waals surface area contributed by atoms with Gasteiger partial charge in [-0.15, -0.1) is 0 Å². The molecule has 0 amide bonds. The van der Waals surface area contributed by atoms with Crippen molar-refractivity contribution in [2.45, 2.75) is 264 Å². The lowest BCUT2D eigenvalue weighted by Crippen LogP contribution is -2.29. The highest BCUT2D eigenvalue weighted by Crippen LogP contribution is 2.43. The van der Waals surface area contributed by atoms with Crippen molar-refractivity contribution in [2.75, 3.05) is 40.5 Å². The first-order valence-corrected chi connectivity index (χ1v) is 26.8. The van der Waals surface area contributed by atoms with E-state index in [4.69, 9.17) is 18.5 Å². The molecule has 0 rings (SSSR count). The Kier molecular flexibility index (Phi) is 44.3. The molecule has 0 bridgehead atoms. The molecule has 59 heavy (non-hydrogen) atoms. The third kappa shape index (κ3) is 46.3. The van der Waals surface area contributed by atoms with Crippen LogP contribution in [0.3, 0.4) is 0 Å². The molecule has 0 aliphatic heterocycles. The number of rotatable bonds is 48. The summed E-state index contributed by atoms with van der Waals surface area (Å²) in [6.45, 7) is 4.39. The van der Waals surface area contributed by atoms with Crippen LogP contribution in [-0.2, 0) is 32.7 Å². The molecule has 0 saturated heterocycles. The molecule has 0 aromatic rings. The first kappa shape index (κ1) is 58.0. The fourth-order valence-corrected chi connectivity index (χ4v) is 8.26. The Hall–Kier alpha value is -0.990. The summed E-state index contributed by atoms with van der Waals surface area (Å²) in [4.78, 5) is 37.2. The second-order valence-corrected chi connectivity index (χ2v) is 19.2. The van der Waals surface area contributed by atoms with Crippen LogP contribution in [0.5, 0.6) is 0 Å². The number of ether oxygens (including phenoxy) is 2. The molecule has 2 atom stereocenters. The molecule has 0 aliphatic rings. The highest BCUT2D eigenvalue weighted by molar-refractivity contribution is 7.47. The van der Waals surface area contributed by atoms with Crippen molar-refractivity contribution in [2.24, 2.45) is 0 Å². The van der Waals surface area contributed by atoms with E-state index in [9.17, 15) is 19.0 Å². The molecule has 9 nitrogen and oxygen atoms in total. The summed E-state index contributed by atoms with van der Waals surface area (Å²) in [6, 6.07) is 0. The number of phosphoric ester groups is 1. The predicted octanol–water partition coefficient (Wildman–Crippen LogP) is 15.0. The maximum absolute atomic E-state index is 12.7. The first-order valence-electron chi connectivity index (χ1n) is 25.3. The van der Waals surface area contributed by atoms with E-state index in [-0.39, 0.29) is 25.6 Å². The van der Waals surface area contributed by atoms with Crippen molar-refractivity contribution in [1.82, 2.24) is 4.90 Å². The summed E-state index contributed by atoms with van der Waals surface area (Å²) >= 11 is 0. The topological polar surface area (TPSA) is 112 Å². The van der Waals surface area contributed by atoms with Gasteiger partial charge in [-0.1, -0.05) is 232 Å². The van der Waals surface area contributed by atoms with Crippen molar-refractivity contribution >= 4 is 19.8 Å². The van der Waals surface area contributed by atoms with Crippen LogP contribution in [0, 0.1) is 0 Å². The minimum absolute atomic E-state index is 0.0129. The van der Waals surface area contributed by atoms with Crippen molar-refractivity contribution in [3.8, 4) is 0 Å². The van der Waals surface area contributed by atoms with Crippen LogP contribution >= 0.6 is 7.82 Å². The molecule has 0 aromatic carbocycles. The van der Waals surface area contributed by atoms with Gasteiger partial charge in [0.1, 0.15) is 6.61 Å². The van der Waals surface area contributed by atoms with Gasteiger partial charge in [-0.05, 0) is 26.9 Å². The molecule has 0 spiro atoms. The third-order valence-electron chi connectivity index (χ3n) is 11.4. The van der Waals surface area contributed by atoms with Gasteiger partial charge in [0.2, 0.25) is 0 Å². The largest absolute Gasteiger partial charge is 0.472 e. The van der Waals surface area contributed by atoms with Gasteiger partial charge in [0.05, 0.1) is 13.2 Å². The molecule has 0 heterocycles. The number of carbonyl (C=O) groups excluding carboxylic acids is 2.